The third kappa shape index (κ3) is 5.70. The molecular weight excluding hydrogens is 321 g/mol. The normalized spacial score (nSPS) is 17.3. The summed E-state index contributed by atoms with van der Waals surface area (Å²) in [6.07, 6.45) is 1.29. The van der Waals surface area contributed by atoms with E-state index in [4.69, 9.17) is 5.73 Å². The molecule has 7 heteroatoms. The molecule has 4 nitrogen and oxygen atoms in total. The highest BCUT2D eigenvalue weighted by Crippen LogP contribution is 2.38. The molecule has 1 aliphatic rings. The monoisotopic (exact) mass is 344 g/mol. The van der Waals surface area contributed by atoms with Crippen molar-refractivity contribution in [3.8, 4) is 5.75 Å². The van der Waals surface area contributed by atoms with E-state index in [2.05, 4.69) is 10.1 Å². The molecule has 134 valence electrons. The van der Waals surface area contributed by atoms with E-state index >= 15 is 0 Å². The lowest BCUT2D eigenvalue weighted by Gasteiger charge is -2.35. The first-order chi connectivity index (χ1) is 11.3. The lowest BCUT2D eigenvalue weighted by Crippen LogP contribution is -2.36. The van der Waals surface area contributed by atoms with Crippen LogP contribution in [0.15, 0.2) is 24.3 Å². The number of carbonyl (C=O) groups excluding carboxylic acids is 1. The second kappa shape index (κ2) is 7.88. The minimum absolute atomic E-state index is 0.107. The molecule has 2 rings (SSSR count). The summed E-state index contributed by atoms with van der Waals surface area (Å²) in [5.41, 5.74) is 6.28. The van der Waals surface area contributed by atoms with Crippen LogP contribution < -0.4 is 15.8 Å². The molecule has 0 saturated heterocycles. The fourth-order valence-electron chi connectivity index (χ4n) is 3.10. The zero-order chi connectivity index (χ0) is 17.6. The molecular formula is C17H23F3N2O2. The molecule has 1 saturated carbocycles. The van der Waals surface area contributed by atoms with Crippen LogP contribution in [0, 0.1) is 5.41 Å². The number of nitrogens with one attached hydrogen (secondary N) is 1. The number of alkyl halides is 3. The van der Waals surface area contributed by atoms with Gasteiger partial charge in [-0.3, -0.25) is 4.79 Å². The predicted octanol–water partition coefficient (Wildman–Crippen LogP) is 3.87. The maximum Gasteiger partial charge on any atom is 0.422 e. The molecule has 0 radical (unpaired) electrons. The van der Waals surface area contributed by atoms with Gasteiger partial charge in [0, 0.05) is 12.1 Å². The Bertz CT molecular complexity index is 538. The van der Waals surface area contributed by atoms with Crippen molar-refractivity contribution in [1.29, 1.82) is 0 Å². The highest BCUT2D eigenvalue weighted by molar-refractivity contribution is 5.91. The average Bonchev–Trinajstić information content (AvgIpc) is 2.54. The summed E-state index contributed by atoms with van der Waals surface area (Å²) >= 11 is 0. The summed E-state index contributed by atoms with van der Waals surface area (Å²) < 4.78 is 40.9. The summed E-state index contributed by atoms with van der Waals surface area (Å²) in [4.78, 5) is 12.2. The number of anilines is 1. The van der Waals surface area contributed by atoms with Crippen LogP contribution in [0.4, 0.5) is 18.9 Å². The van der Waals surface area contributed by atoms with E-state index in [9.17, 15) is 18.0 Å². The molecule has 0 bridgehead atoms. The Morgan fingerprint density at radius 2 is 1.79 bits per heavy atom. The van der Waals surface area contributed by atoms with Crippen molar-refractivity contribution in [2.24, 2.45) is 11.1 Å². The number of halogens is 3. The first-order valence-electron chi connectivity index (χ1n) is 8.11. The van der Waals surface area contributed by atoms with Crippen LogP contribution in [0.25, 0.3) is 0 Å². The molecule has 0 unspecified atom stereocenters. The van der Waals surface area contributed by atoms with Crippen LogP contribution in [0.5, 0.6) is 5.75 Å². The molecule has 0 aromatic heterocycles. The quantitative estimate of drug-likeness (QED) is 0.823. The summed E-state index contributed by atoms with van der Waals surface area (Å²) in [5.74, 6) is -0.0117. The Morgan fingerprint density at radius 1 is 1.17 bits per heavy atom. The minimum Gasteiger partial charge on any atom is -0.484 e. The molecule has 0 atom stereocenters. The molecule has 1 aliphatic carbocycles. The number of nitrogens with two attached hydrogens (primary N) is 1. The van der Waals surface area contributed by atoms with Gasteiger partial charge in [-0.2, -0.15) is 13.2 Å². The van der Waals surface area contributed by atoms with Gasteiger partial charge < -0.3 is 15.8 Å². The van der Waals surface area contributed by atoms with Crippen LogP contribution in [-0.4, -0.2) is 25.2 Å². The van der Waals surface area contributed by atoms with E-state index in [0.29, 0.717) is 18.7 Å². The predicted molar refractivity (Wildman–Crippen MR) is 85.8 cm³/mol. The number of amides is 1. The van der Waals surface area contributed by atoms with Crippen LogP contribution in [-0.2, 0) is 4.79 Å². The van der Waals surface area contributed by atoms with Gasteiger partial charge >= 0.3 is 6.18 Å². The number of hydrogen-bond acceptors (Lipinski definition) is 3. The van der Waals surface area contributed by atoms with E-state index in [1.54, 1.807) is 0 Å². The average molecular weight is 344 g/mol. The largest absolute Gasteiger partial charge is 0.484 e. The fraction of sp³-hybridized carbons (Fsp3) is 0.588. The van der Waals surface area contributed by atoms with Crippen LogP contribution in [0.2, 0.25) is 0 Å². The smallest absolute Gasteiger partial charge is 0.422 e. The van der Waals surface area contributed by atoms with Gasteiger partial charge in [0.05, 0.1) is 0 Å². The van der Waals surface area contributed by atoms with Crippen LogP contribution >= 0.6 is 0 Å². The van der Waals surface area contributed by atoms with Crippen LogP contribution in [0.1, 0.15) is 38.5 Å². The van der Waals surface area contributed by atoms with Gasteiger partial charge in [-0.15, -0.1) is 0 Å². The van der Waals surface area contributed by atoms with Gasteiger partial charge in [0.25, 0.3) is 0 Å². The highest BCUT2D eigenvalue weighted by Gasteiger charge is 2.33. The maximum absolute atomic E-state index is 12.2. The molecule has 1 amide bonds. The van der Waals surface area contributed by atoms with E-state index in [1.165, 1.54) is 30.7 Å². The zero-order valence-corrected chi connectivity index (χ0v) is 13.5. The van der Waals surface area contributed by atoms with Gasteiger partial charge in [0.15, 0.2) is 6.61 Å². The van der Waals surface area contributed by atoms with Gasteiger partial charge in [0.1, 0.15) is 5.75 Å². The first-order valence-corrected chi connectivity index (χ1v) is 8.11. The molecule has 0 spiro atoms. The lowest BCUT2D eigenvalue weighted by atomic mass is 9.71. The van der Waals surface area contributed by atoms with E-state index < -0.39 is 12.8 Å². The maximum atomic E-state index is 12.2. The topological polar surface area (TPSA) is 64.4 Å². The SMILES string of the molecule is NCC1(CC(=O)Nc2ccc(OCC(F)(F)F)cc2)CCCCC1. The van der Waals surface area contributed by atoms with Gasteiger partial charge in [0.2, 0.25) is 5.91 Å². The Kier molecular flexibility index (Phi) is 6.10. The summed E-state index contributed by atoms with van der Waals surface area (Å²) in [6, 6.07) is 5.86. The zero-order valence-electron chi connectivity index (χ0n) is 13.5. The number of carbonyl (C=O) groups is 1. The van der Waals surface area contributed by atoms with Crippen molar-refractivity contribution in [1.82, 2.24) is 0 Å². The van der Waals surface area contributed by atoms with Crippen molar-refractivity contribution in [3.05, 3.63) is 24.3 Å². The molecule has 24 heavy (non-hydrogen) atoms. The van der Waals surface area contributed by atoms with Gasteiger partial charge in [-0.25, -0.2) is 0 Å². The summed E-state index contributed by atoms with van der Waals surface area (Å²) in [5, 5.41) is 2.78. The van der Waals surface area contributed by atoms with Gasteiger partial charge in [-0.1, -0.05) is 19.3 Å². The second-order valence-electron chi connectivity index (χ2n) is 6.42. The lowest BCUT2D eigenvalue weighted by molar-refractivity contribution is -0.153. The highest BCUT2D eigenvalue weighted by atomic mass is 19.4. The number of benzene rings is 1. The van der Waals surface area contributed by atoms with Crippen molar-refractivity contribution < 1.29 is 22.7 Å². The van der Waals surface area contributed by atoms with Crippen LogP contribution in [0.3, 0.4) is 0 Å². The second-order valence-corrected chi connectivity index (χ2v) is 6.42. The molecule has 1 fully saturated rings. The van der Waals surface area contributed by atoms with Crippen molar-refractivity contribution >= 4 is 11.6 Å². The Morgan fingerprint density at radius 3 is 2.33 bits per heavy atom. The first kappa shape index (κ1) is 18.6. The standard InChI is InChI=1S/C17H23F3N2O2/c18-17(19,20)12-24-14-6-4-13(5-7-14)22-15(23)10-16(11-21)8-2-1-3-9-16/h4-7H,1-3,8-12,21H2,(H,22,23). The minimum atomic E-state index is -4.37. The van der Waals surface area contributed by atoms with Crippen molar-refractivity contribution in [2.75, 3.05) is 18.5 Å². The number of hydrogen-bond donors (Lipinski definition) is 2. The van der Waals surface area contributed by atoms with E-state index in [-0.39, 0.29) is 17.1 Å². The Labute approximate surface area is 139 Å². The summed E-state index contributed by atoms with van der Waals surface area (Å²) in [6.45, 7) is -0.845. The number of rotatable bonds is 6. The fourth-order valence-corrected chi connectivity index (χ4v) is 3.10. The Balaban J connectivity index is 1.87. The molecule has 1 aromatic rings. The summed E-state index contributed by atoms with van der Waals surface area (Å²) in [7, 11) is 0. The van der Waals surface area contributed by atoms with Crippen molar-refractivity contribution in [3.63, 3.8) is 0 Å². The molecule has 0 aliphatic heterocycles. The third-order valence-corrected chi connectivity index (χ3v) is 4.42. The van der Waals surface area contributed by atoms with E-state index in [1.807, 2.05) is 0 Å². The van der Waals surface area contributed by atoms with Gasteiger partial charge in [-0.05, 0) is 49.1 Å². The van der Waals surface area contributed by atoms with E-state index in [0.717, 1.165) is 25.7 Å². The Hall–Kier alpha value is -1.76. The number of ether oxygens (including phenoxy) is 1. The van der Waals surface area contributed by atoms with Crippen molar-refractivity contribution in [2.45, 2.75) is 44.7 Å². The third-order valence-electron chi connectivity index (χ3n) is 4.42. The molecule has 3 N–H and O–H groups in total. The molecule has 0 heterocycles. The molecule has 1 aromatic carbocycles.